The number of carbonyl (C=O) groups is 2. The van der Waals surface area contributed by atoms with Crippen LogP contribution in [0.1, 0.15) is 335 Å². The second-order valence-corrected chi connectivity index (χ2v) is 25.3. The van der Waals surface area contributed by atoms with Gasteiger partial charge in [0, 0.05) is 12.8 Å². The van der Waals surface area contributed by atoms with E-state index in [1.807, 2.05) is 21.1 Å². The van der Waals surface area contributed by atoms with Crippen molar-refractivity contribution in [3.05, 3.63) is 24.3 Å². The molecule has 0 aliphatic heterocycles. The highest BCUT2D eigenvalue weighted by molar-refractivity contribution is 7.47. The molecule has 2 atom stereocenters. The molecule has 0 saturated carbocycles. The van der Waals surface area contributed by atoms with Crippen LogP contribution in [-0.4, -0.2) is 74.9 Å². The van der Waals surface area contributed by atoms with Crippen LogP contribution in [0.15, 0.2) is 24.3 Å². The summed E-state index contributed by atoms with van der Waals surface area (Å²) in [5.41, 5.74) is 0. The van der Waals surface area contributed by atoms with Crippen LogP contribution >= 0.6 is 7.82 Å². The first-order valence-corrected chi connectivity index (χ1v) is 34.6. The van der Waals surface area contributed by atoms with Gasteiger partial charge in [0.1, 0.15) is 19.8 Å². The minimum Gasteiger partial charge on any atom is -0.462 e. The highest BCUT2D eigenvalue weighted by Gasteiger charge is 2.27. The normalized spacial score (nSPS) is 13.3. The summed E-state index contributed by atoms with van der Waals surface area (Å²) in [6.07, 6.45) is 71.3. The van der Waals surface area contributed by atoms with Crippen molar-refractivity contribution in [2.75, 3.05) is 47.5 Å². The highest BCUT2D eigenvalue weighted by Crippen LogP contribution is 2.43. The summed E-state index contributed by atoms with van der Waals surface area (Å²) in [5, 5.41) is 0. The molecule has 0 aromatic carbocycles. The van der Waals surface area contributed by atoms with Gasteiger partial charge in [-0.25, -0.2) is 4.57 Å². The molecule has 0 heterocycles. The van der Waals surface area contributed by atoms with E-state index in [9.17, 15) is 19.0 Å². The maximum atomic E-state index is 12.9. The van der Waals surface area contributed by atoms with E-state index in [-0.39, 0.29) is 25.6 Å². The molecule has 0 bridgehead atoms. The first-order chi connectivity index (χ1) is 37.0. The Morgan fingerprint density at radius 1 is 0.395 bits per heavy atom. The number of hydrogen-bond donors (Lipinski definition) is 1. The van der Waals surface area contributed by atoms with Crippen LogP contribution in [0.3, 0.4) is 0 Å². The summed E-state index contributed by atoms with van der Waals surface area (Å²) in [6, 6.07) is 0. The number of ether oxygens (including phenoxy) is 2. The van der Waals surface area contributed by atoms with Crippen molar-refractivity contribution in [2.45, 2.75) is 341 Å². The SMILES string of the molecule is CCCCCCCCCC/C=C\CCCCCCCCCCCCCCCCCC(=O)OC(COC(=O)CCCCCCCCCCCCCCC/C=C\CCCCCCCCCC)COP(=O)(O)OCC[N+](C)(C)C. The summed E-state index contributed by atoms with van der Waals surface area (Å²) >= 11 is 0. The second kappa shape index (κ2) is 58.2. The van der Waals surface area contributed by atoms with Gasteiger partial charge in [-0.3, -0.25) is 18.6 Å². The van der Waals surface area contributed by atoms with Crippen molar-refractivity contribution in [3.63, 3.8) is 0 Å². The first kappa shape index (κ1) is 74.5. The van der Waals surface area contributed by atoms with E-state index in [1.54, 1.807) is 0 Å². The van der Waals surface area contributed by atoms with Gasteiger partial charge in [-0.2, -0.15) is 0 Å². The molecule has 0 aromatic heterocycles. The molecule has 0 aliphatic carbocycles. The van der Waals surface area contributed by atoms with Crippen LogP contribution in [0.5, 0.6) is 0 Å². The summed E-state index contributed by atoms with van der Waals surface area (Å²) < 4.78 is 34.7. The molecule has 450 valence electrons. The number of nitrogens with zero attached hydrogens (tertiary/aromatic N) is 1. The Morgan fingerprint density at radius 3 is 0.974 bits per heavy atom. The molecule has 0 fully saturated rings. The van der Waals surface area contributed by atoms with Crippen molar-refractivity contribution in [3.8, 4) is 0 Å². The topological polar surface area (TPSA) is 108 Å². The lowest BCUT2D eigenvalue weighted by atomic mass is 10.0. The van der Waals surface area contributed by atoms with Crippen LogP contribution in [0.25, 0.3) is 0 Å². The number of quaternary nitrogens is 1. The molecule has 76 heavy (non-hydrogen) atoms. The van der Waals surface area contributed by atoms with E-state index in [1.165, 1.54) is 270 Å². The zero-order valence-corrected chi connectivity index (χ0v) is 52.2. The number of allylic oxidation sites excluding steroid dienone is 4. The molecule has 0 radical (unpaired) electrons. The fraction of sp³-hybridized carbons (Fsp3) is 0.909. The van der Waals surface area contributed by atoms with Crippen molar-refractivity contribution < 1.29 is 42.1 Å². The van der Waals surface area contributed by atoms with Gasteiger partial charge in [-0.1, -0.05) is 282 Å². The largest absolute Gasteiger partial charge is 0.472 e. The van der Waals surface area contributed by atoms with Crippen LogP contribution in [-0.2, 0) is 32.7 Å². The van der Waals surface area contributed by atoms with Gasteiger partial charge in [0.15, 0.2) is 6.10 Å². The van der Waals surface area contributed by atoms with E-state index < -0.39 is 26.5 Å². The smallest absolute Gasteiger partial charge is 0.462 e. The lowest BCUT2D eigenvalue weighted by Gasteiger charge is -2.24. The Balaban J connectivity index is 4.05. The maximum Gasteiger partial charge on any atom is 0.472 e. The third-order valence-corrected chi connectivity index (χ3v) is 15.9. The van der Waals surface area contributed by atoms with Crippen LogP contribution in [0.4, 0.5) is 0 Å². The van der Waals surface area contributed by atoms with Gasteiger partial charge >= 0.3 is 19.8 Å². The maximum absolute atomic E-state index is 12.9. The molecule has 0 aromatic rings. The molecule has 0 saturated heterocycles. The van der Waals surface area contributed by atoms with E-state index in [4.69, 9.17) is 18.5 Å². The van der Waals surface area contributed by atoms with Crippen molar-refractivity contribution in [2.24, 2.45) is 0 Å². The number of rotatable bonds is 62. The molecular formula is C66H129NO8P+. The average molecular weight is 1100 g/mol. The zero-order chi connectivity index (χ0) is 55.6. The van der Waals surface area contributed by atoms with Crippen LogP contribution in [0, 0.1) is 0 Å². The zero-order valence-electron chi connectivity index (χ0n) is 51.3. The fourth-order valence-electron chi connectivity index (χ4n) is 9.83. The third-order valence-electron chi connectivity index (χ3n) is 15.0. The number of esters is 2. The minimum absolute atomic E-state index is 0.0347. The summed E-state index contributed by atoms with van der Waals surface area (Å²) in [7, 11) is 1.50. The van der Waals surface area contributed by atoms with Crippen LogP contribution in [0.2, 0.25) is 0 Å². The molecule has 1 N–H and O–H groups in total. The Labute approximate surface area is 472 Å². The van der Waals surface area contributed by atoms with Gasteiger partial charge in [0.2, 0.25) is 0 Å². The number of carbonyl (C=O) groups excluding carboxylic acids is 2. The van der Waals surface area contributed by atoms with Gasteiger partial charge in [-0.15, -0.1) is 0 Å². The van der Waals surface area contributed by atoms with Gasteiger partial charge < -0.3 is 18.9 Å². The Hall–Kier alpha value is -1.51. The Kier molecular flexibility index (Phi) is 57.0. The summed E-state index contributed by atoms with van der Waals surface area (Å²) in [4.78, 5) is 35.8. The molecule has 9 nitrogen and oxygen atoms in total. The van der Waals surface area contributed by atoms with Gasteiger partial charge in [-0.05, 0) is 64.2 Å². The summed E-state index contributed by atoms with van der Waals surface area (Å²) in [6.45, 7) is 4.50. The Bertz CT molecular complexity index is 1330. The average Bonchev–Trinajstić information content (AvgIpc) is 3.38. The summed E-state index contributed by atoms with van der Waals surface area (Å²) in [5.74, 6) is -0.778. The monoisotopic (exact) mass is 1090 g/mol. The predicted molar refractivity (Wildman–Crippen MR) is 326 cm³/mol. The molecule has 0 aliphatic rings. The van der Waals surface area contributed by atoms with Crippen molar-refractivity contribution in [1.29, 1.82) is 0 Å². The third kappa shape index (κ3) is 61.7. The number of hydrogen-bond acceptors (Lipinski definition) is 7. The minimum atomic E-state index is -4.39. The van der Waals surface area contributed by atoms with E-state index in [2.05, 4.69) is 38.2 Å². The van der Waals surface area contributed by atoms with E-state index in [0.717, 1.165) is 32.1 Å². The highest BCUT2D eigenvalue weighted by atomic mass is 31.2. The Morgan fingerprint density at radius 2 is 0.671 bits per heavy atom. The number of unbranched alkanes of at least 4 members (excludes halogenated alkanes) is 44. The standard InChI is InChI=1S/C66H128NO8P/c1-6-8-10-12-14-16-18-20-22-24-26-28-30-32-33-35-37-39-41-43-45-47-49-51-53-55-57-59-66(69)75-64(63-74-76(70,71)73-61-60-67(3,4)5)62-72-65(68)58-56-54-52-50-48-46-44-42-40-38-36-34-31-29-27-25-23-21-19-17-15-13-11-9-7-2/h24-27,64H,6-23,28-63H2,1-5H3/p+1/b26-24-,27-25-. The van der Waals surface area contributed by atoms with Crippen LogP contribution < -0.4 is 0 Å². The van der Waals surface area contributed by atoms with E-state index in [0.29, 0.717) is 23.9 Å². The predicted octanol–water partition coefficient (Wildman–Crippen LogP) is 20.9. The number of phosphoric ester groups is 1. The number of likely N-dealkylation sites (N-methyl/N-ethyl adjacent to an activating group) is 1. The molecule has 0 rings (SSSR count). The second-order valence-electron chi connectivity index (χ2n) is 23.9. The van der Waals surface area contributed by atoms with Gasteiger partial charge in [0.05, 0.1) is 27.7 Å². The molecule has 0 amide bonds. The first-order valence-electron chi connectivity index (χ1n) is 33.1. The molecule has 10 heteroatoms. The van der Waals surface area contributed by atoms with Crippen molar-refractivity contribution in [1.82, 2.24) is 0 Å². The molecule has 2 unspecified atom stereocenters. The van der Waals surface area contributed by atoms with Gasteiger partial charge in [0.25, 0.3) is 0 Å². The quantitative estimate of drug-likeness (QED) is 0.0211. The fourth-order valence-corrected chi connectivity index (χ4v) is 10.6. The molecule has 0 spiro atoms. The van der Waals surface area contributed by atoms with Crippen molar-refractivity contribution >= 4 is 19.8 Å². The number of phosphoric acid groups is 1. The molecular weight excluding hydrogens is 966 g/mol. The lowest BCUT2D eigenvalue weighted by Crippen LogP contribution is -2.37. The lowest BCUT2D eigenvalue weighted by molar-refractivity contribution is -0.870. The van der Waals surface area contributed by atoms with E-state index >= 15 is 0 Å².